The summed E-state index contributed by atoms with van der Waals surface area (Å²) in [6.45, 7) is 0. The number of phenols is 3. The summed E-state index contributed by atoms with van der Waals surface area (Å²) in [5, 5.41) is 39.9. The number of aliphatic hydroxyl groups is 1. The van der Waals surface area contributed by atoms with E-state index in [2.05, 4.69) is 0 Å². The maximum absolute atomic E-state index is 12.9. The third kappa shape index (κ3) is 3.22. The summed E-state index contributed by atoms with van der Waals surface area (Å²) in [4.78, 5) is 27.1. The number of hydrogen-bond donors (Lipinski definition) is 4. The van der Waals surface area contributed by atoms with Gasteiger partial charge in [0.25, 0.3) is 11.7 Å². The van der Waals surface area contributed by atoms with Gasteiger partial charge in [-0.15, -0.1) is 0 Å². The Morgan fingerprint density at radius 3 is 1.97 bits per heavy atom. The molecular formula is C23H17NO6. The van der Waals surface area contributed by atoms with Crippen molar-refractivity contribution in [3.8, 4) is 17.2 Å². The van der Waals surface area contributed by atoms with Crippen molar-refractivity contribution in [3.63, 3.8) is 0 Å². The Kier molecular flexibility index (Phi) is 4.63. The molecule has 4 N–H and O–H groups in total. The van der Waals surface area contributed by atoms with Crippen molar-refractivity contribution in [2.45, 2.75) is 6.04 Å². The van der Waals surface area contributed by atoms with Gasteiger partial charge in [-0.25, -0.2) is 0 Å². The molecule has 1 aliphatic rings. The molecular weight excluding hydrogens is 386 g/mol. The normalized spacial score (nSPS) is 18.0. The molecule has 1 aliphatic heterocycles. The van der Waals surface area contributed by atoms with Gasteiger partial charge in [-0.05, 0) is 66.2 Å². The van der Waals surface area contributed by atoms with Crippen LogP contribution in [0.5, 0.6) is 17.2 Å². The lowest BCUT2D eigenvalue weighted by molar-refractivity contribution is -0.132. The first-order valence-corrected chi connectivity index (χ1v) is 9.05. The summed E-state index contributed by atoms with van der Waals surface area (Å²) in [5.41, 5.74) is 0.863. The third-order valence-electron chi connectivity index (χ3n) is 4.90. The topological polar surface area (TPSA) is 118 Å². The number of aliphatic hydroxyl groups excluding tert-OH is 1. The molecule has 7 nitrogen and oxygen atoms in total. The maximum atomic E-state index is 12.9. The first-order chi connectivity index (χ1) is 14.4. The Bertz CT molecular complexity index is 1170. The molecule has 1 saturated heterocycles. The van der Waals surface area contributed by atoms with Gasteiger partial charge in [-0.1, -0.05) is 12.1 Å². The van der Waals surface area contributed by atoms with Crippen LogP contribution in [0.15, 0.2) is 78.4 Å². The van der Waals surface area contributed by atoms with E-state index >= 15 is 0 Å². The van der Waals surface area contributed by atoms with Crippen LogP contribution in [-0.4, -0.2) is 32.1 Å². The van der Waals surface area contributed by atoms with Crippen LogP contribution in [-0.2, 0) is 9.59 Å². The Balaban J connectivity index is 1.95. The summed E-state index contributed by atoms with van der Waals surface area (Å²) in [7, 11) is 0. The number of nitrogens with zero attached hydrogens (tertiary/aromatic N) is 1. The van der Waals surface area contributed by atoms with E-state index in [4.69, 9.17) is 0 Å². The molecule has 3 aromatic carbocycles. The van der Waals surface area contributed by atoms with Crippen LogP contribution >= 0.6 is 0 Å². The van der Waals surface area contributed by atoms with Crippen LogP contribution in [0.3, 0.4) is 0 Å². The van der Waals surface area contributed by atoms with Crippen molar-refractivity contribution in [2.24, 2.45) is 0 Å². The zero-order valence-corrected chi connectivity index (χ0v) is 15.6. The van der Waals surface area contributed by atoms with Gasteiger partial charge in [-0.3, -0.25) is 14.5 Å². The number of phenolic OH excluding ortho intramolecular Hbond substituents is 3. The molecule has 1 amide bonds. The fourth-order valence-corrected chi connectivity index (χ4v) is 3.50. The number of amides is 1. The van der Waals surface area contributed by atoms with Crippen LogP contribution in [0.1, 0.15) is 17.2 Å². The number of Topliss-reactive ketones (excluding diaryl/α,β-unsaturated/α-hetero) is 1. The van der Waals surface area contributed by atoms with E-state index in [1.807, 2.05) is 0 Å². The zero-order chi connectivity index (χ0) is 21.4. The van der Waals surface area contributed by atoms with Gasteiger partial charge in [0.2, 0.25) is 0 Å². The second kappa shape index (κ2) is 7.29. The largest absolute Gasteiger partial charge is 0.508 e. The fourth-order valence-electron chi connectivity index (χ4n) is 3.50. The minimum absolute atomic E-state index is 0.00617. The second-order valence-corrected chi connectivity index (χ2v) is 6.83. The summed E-state index contributed by atoms with van der Waals surface area (Å²) >= 11 is 0. The Labute approximate surface area is 171 Å². The Hall–Kier alpha value is -4.26. The van der Waals surface area contributed by atoms with Crippen molar-refractivity contribution in [1.82, 2.24) is 0 Å². The lowest BCUT2D eigenvalue weighted by Crippen LogP contribution is -2.29. The van der Waals surface area contributed by atoms with Crippen molar-refractivity contribution >= 4 is 23.1 Å². The first-order valence-electron chi connectivity index (χ1n) is 9.05. The van der Waals surface area contributed by atoms with E-state index in [0.29, 0.717) is 11.3 Å². The Morgan fingerprint density at radius 1 is 0.767 bits per heavy atom. The summed E-state index contributed by atoms with van der Waals surface area (Å²) in [5.74, 6) is -2.22. The minimum Gasteiger partial charge on any atom is -0.508 e. The summed E-state index contributed by atoms with van der Waals surface area (Å²) < 4.78 is 0. The Morgan fingerprint density at radius 2 is 1.37 bits per heavy atom. The van der Waals surface area contributed by atoms with Gasteiger partial charge in [-0.2, -0.15) is 0 Å². The maximum Gasteiger partial charge on any atom is 0.300 e. The molecule has 1 fully saturated rings. The number of benzene rings is 3. The lowest BCUT2D eigenvalue weighted by atomic mass is 9.95. The van der Waals surface area contributed by atoms with Crippen LogP contribution in [0.4, 0.5) is 5.69 Å². The van der Waals surface area contributed by atoms with Crippen LogP contribution in [0.25, 0.3) is 5.76 Å². The minimum atomic E-state index is -1.00. The molecule has 30 heavy (non-hydrogen) atoms. The fraction of sp³-hybridized carbons (Fsp3) is 0.0435. The monoisotopic (exact) mass is 403 g/mol. The number of ketones is 1. The highest BCUT2D eigenvalue weighted by atomic mass is 16.3. The quantitative estimate of drug-likeness (QED) is 0.302. The standard InChI is InChI=1S/C23H17NO6/c25-16-8-4-13(5-9-16)21(28)19-20(14-2-1-3-18(27)12-14)24(23(30)22(19)29)15-6-10-17(26)11-7-15/h1-12,20,25-28H. The number of aromatic hydroxyl groups is 3. The average molecular weight is 403 g/mol. The molecule has 0 radical (unpaired) electrons. The van der Waals surface area contributed by atoms with Gasteiger partial charge in [0, 0.05) is 11.3 Å². The van der Waals surface area contributed by atoms with Crippen molar-refractivity contribution in [1.29, 1.82) is 0 Å². The molecule has 1 heterocycles. The van der Waals surface area contributed by atoms with Gasteiger partial charge >= 0.3 is 0 Å². The zero-order valence-electron chi connectivity index (χ0n) is 15.6. The van der Waals surface area contributed by atoms with Gasteiger partial charge < -0.3 is 20.4 Å². The number of anilines is 1. The van der Waals surface area contributed by atoms with Crippen LogP contribution in [0.2, 0.25) is 0 Å². The van der Waals surface area contributed by atoms with Gasteiger partial charge in [0.05, 0.1) is 11.6 Å². The molecule has 150 valence electrons. The highest BCUT2D eigenvalue weighted by molar-refractivity contribution is 6.51. The molecule has 1 atom stereocenters. The molecule has 0 bridgehead atoms. The molecule has 0 spiro atoms. The van der Waals surface area contributed by atoms with E-state index in [0.717, 1.165) is 0 Å². The van der Waals surface area contributed by atoms with Crippen molar-refractivity contribution < 1.29 is 30.0 Å². The second-order valence-electron chi connectivity index (χ2n) is 6.83. The van der Waals surface area contributed by atoms with Crippen molar-refractivity contribution in [2.75, 3.05) is 4.90 Å². The SMILES string of the molecule is O=C1C(=O)N(c2ccc(O)cc2)C(c2cccc(O)c2)C1=C(O)c1ccc(O)cc1. The van der Waals surface area contributed by atoms with E-state index < -0.39 is 23.5 Å². The number of hydrogen-bond acceptors (Lipinski definition) is 6. The van der Waals surface area contributed by atoms with E-state index in [1.54, 1.807) is 12.1 Å². The molecule has 7 heteroatoms. The number of rotatable bonds is 3. The van der Waals surface area contributed by atoms with Crippen LogP contribution < -0.4 is 4.90 Å². The lowest BCUT2D eigenvalue weighted by Gasteiger charge is -2.25. The molecule has 4 rings (SSSR count). The van der Waals surface area contributed by atoms with Crippen molar-refractivity contribution in [3.05, 3.63) is 89.5 Å². The molecule has 0 aliphatic carbocycles. The van der Waals surface area contributed by atoms with E-state index in [1.165, 1.54) is 65.6 Å². The molecule has 0 aromatic heterocycles. The first kappa shape index (κ1) is 19.1. The van der Waals surface area contributed by atoms with Crippen LogP contribution in [0, 0.1) is 0 Å². The molecule has 3 aromatic rings. The smallest absolute Gasteiger partial charge is 0.300 e. The van der Waals surface area contributed by atoms with Gasteiger partial charge in [0.15, 0.2) is 0 Å². The number of carbonyl (C=O) groups excluding carboxylic acids is 2. The van der Waals surface area contributed by atoms with E-state index in [-0.39, 0.29) is 28.4 Å². The summed E-state index contributed by atoms with van der Waals surface area (Å²) in [6, 6.07) is 16.4. The predicted molar refractivity (Wildman–Crippen MR) is 109 cm³/mol. The highest BCUT2D eigenvalue weighted by Crippen LogP contribution is 2.43. The molecule has 0 saturated carbocycles. The average Bonchev–Trinajstić information content (AvgIpc) is 3.00. The summed E-state index contributed by atoms with van der Waals surface area (Å²) in [6.07, 6.45) is 0. The van der Waals surface area contributed by atoms with E-state index in [9.17, 15) is 30.0 Å². The highest BCUT2D eigenvalue weighted by Gasteiger charge is 2.47. The number of carbonyl (C=O) groups is 2. The van der Waals surface area contributed by atoms with Gasteiger partial charge in [0.1, 0.15) is 23.0 Å². The molecule has 1 unspecified atom stereocenters. The predicted octanol–water partition coefficient (Wildman–Crippen LogP) is 3.43. The third-order valence-corrected chi connectivity index (χ3v) is 4.90.